The molecule has 110 valence electrons. The van der Waals surface area contributed by atoms with Crippen molar-refractivity contribution < 1.29 is 9.59 Å². The molecule has 2 bridgehead atoms. The number of anilines is 1. The molecule has 2 amide bonds. The number of hydrogen-bond donors (Lipinski definition) is 0. The Hall–Kier alpha value is -2.16. The van der Waals surface area contributed by atoms with Crippen molar-refractivity contribution in [3.05, 3.63) is 42.5 Å². The van der Waals surface area contributed by atoms with Crippen molar-refractivity contribution in [2.45, 2.75) is 19.3 Å². The molecule has 4 atom stereocenters. The van der Waals surface area contributed by atoms with Crippen LogP contribution in [0.4, 0.5) is 5.69 Å². The second kappa shape index (κ2) is 4.19. The first kappa shape index (κ1) is 12.4. The number of fused-ring (bicyclic) bond motifs is 6. The number of benzene rings is 2. The monoisotopic (exact) mass is 291 g/mol. The molecule has 2 saturated carbocycles. The van der Waals surface area contributed by atoms with Gasteiger partial charge in [0.15, 0.2) is 0 Å². The Morgan fingerprint density at radius 2 is 1.45 bits per heavy atom. The standard InChI is InChI=1S/C19H17NO2/c21-18-16-12-8-9-13(10-12)17(16)19(22)20(18)15-7-3-5-11-4-1-2-6-14(11)15/h1-7,12-13,16-17H,8-10H2/t12-,13-,16-,17-/m0/s1. The summed E-state index contributed by atoms with van der Waals surface area (Å²) < 4.78 is 0. The number of rotatable bonds is 1. The second-order valence-electron chi connectivity index (χ2n) is 6.89. The van der Waals surface area contributed by atoms with Crippen LogP contribution in [0.3, 0.4) is 0 Å². The summed E-state index contributed by atoms with van der Waals surface area (Å²) in [6.07, 6.45) is 3.32. The van der Waals surface area contributed by atoms with Gasteiger partial charge in [0.05, 0.1) is 17.5 Å². The highest BCUT2D eigenvalue weighted by atomic mass is 16.2. The number of carbonyl (C=O) groups excluding carboxylic acids is 2. The number of carbonyl (C=O) groups is 2. The summed E-state index contributed by atoms with van der Waals surface area (Å²) >= 11 is 0. The highest BCUT2D eigenvalue weighted by Gasteiger charge is 2.61. The van der Waals surface area contributed by atoms with Crippen molar-refractivity contribution >= 4 is 28.3 Å². The largest absolute Gasteiger partial charge is 0.274 e. The Kier molecular flexibility index (Phi) is 2.36. The minimum absolute atomic E-state index is 0.0403. The van der Waals surface area contributed by atoms with Gasteiger partial charge in [0.25, 0.3) is 0 Å². The molecule has 1 aliphatic heterocycles. The van der Waals surface area contributed by atoms with E-state index in [1.165, 1.54) is 4.90 Å². The lowest BCUT2D eigenvalue weighted by atomic mass is 9.81. The average molecular weight is 291 g/mol. The zero-order chi connectivity index (χ0) is 14.8. The van der Waals surface area contributed by atoms with Crippen LogP contribution in [0.15, 0.2) is 42.5 Å². The Bertz CT molecular complexity index is 779. The predicted octanol–water partition coefficient (Wildman–Crippen LogP) is 3.38. The van der Waals surface area contributed by atoms with Gasteiger partial charge in [0.2, 0.25) is 11.8 Å². The van der Waals surface area contributed by atoms with E-state index in [1.54, 1.807) is 0 Å². The second-order valence-corrected chi connectivity index (χ2v) is 6.89. The van der Waals surface area contributed by atoms with Crippen LogP contribution < -0.4 is 4.90 Å². The maximum atomic E-state index is 12.9. The summed E-state index contributed by atoms with van der Waals surface area (Å²) in [6, 6.07) is 13.8. The summed E-state index contributed by atoms with van der Waals surface area (Å²) in [5.74, 6) is 0.852. The fourth-order valence-electron chi connectivity index (χ4n) is 5.05. The zero-order valence-corrected chi connectivity index (χ0v) is 12.2. The van der Waals surface area contributed by atoms with E-state index in [0.29, 0.717) is 11.8 Å². The molecule has 0 radical (unpaired) electrons. The molecular weight excluding hydrogens is 274 g/mol. The number of amides is 2. The van der Waals surface area contributed by atoms with Crippen LogP contribution in [0.25, 0.3) is 10.8 Å². The molecule has 2 aromatic rings. The molecule has 1 saturated heterocycles. The van der Waals surface area contributed by atoms with Gasteiger partial charge in [-0.15, -0.1) is 0 Å². The molecule has 1 heterocycles. The van der Waals surface area contributed by atoms with Gasteiger partial charge < -0.3 is 0 Å². The van der Waals surface area contributed by atoms with Crippen LogP contribution in [0.5, 0.6) is 0 Å². The van der Waals surface area contributed by atoms with Crippen LogP contribution >= 0.6 is 0 Å². The fraction of sp³-hybridized carbons (Fsp3) is 0.368. The lowest BCUT2D eigenvalue weighted by Gasteiger charge is -2.19. The molecular formula is C19H17NO2. The summed E-state index contributed by atoms with van der Waals surface area (Å²) in [5, 5.41) is 2.06. The van der Waals surface area contributed by atoms with Crippen LogP contribution in [-0.2, 0) is 9.59 Å². The molecule has 3 aliphatic rings. The molecule has 0 N–H and O–H groups in total. The van der Waals surface area contributed by atoms with Crippen LogP contribution in [0, 0.1) is 23.7 Å². The molecule has 22 heavy (non-hydrogen) atoms. The Morgan fingerprint density at radius 1 is 0.818 bits per heavy atom. The first-order valence-electron chi connectivity index (χ1n) is 8.11. The van der Waals surface area contributed by atoms with Crippen LogP contribution in [-0.4, -0.2) is 11.8 Å². The van der Waals surface area contributed by atoms with Gasteiger partial charge in [-0.2, -0.15) is 0 Å². The average Bonchev–Trinajstić information content (AvgIpc) is 3.21. The van der Waals surface area contributed by atoms with Crippen LogP contribution in [0.2, 0.25) is 0 Å². The number of hydrogen-bond acceptors (Lipinski definition) is 2. The van der Waals surface area contributed by atoms with E-state index in [1.807, 2.05) is 42.5 Å². The lowest BCUT2D eigenvalue weighted by molar-refractivity contribution is -0.123. The van der Waals surface area contributed by atoms with Gasteiger partial charge in [0.1, 0.15) is 0 Å². The van der Waals surface area contributed by atoms with Gasteiger partial charge in [-0.3, -0.25) is 9.59 Å². The van der Waals surface area contributed by atoms with Gasteiger partial charge in [0, 0.05) is 5.39 Å². The maximum absolute atomic E-state index is 12.9. The van der Waals surface area contributed by atoms with Gasteiger partial charge >= 0.3 is 0 Å². The van der Waals surface area contributed by atoms with E-state index in [2.05, 4.69) is 0 Å². The van der Waals surface area contributed by atoms with E-state index >= 15 is 0 Å². The minimum atomic E-state index is -0.0507. The van der Waals surface area contributed by atoms with Crippen molar-refractivity contribution in [1.82, 2.24) is 0 Å². The van der Waals surface area contributed by atoms with Crippen molar-refractivity contribution in [1.29, 1.82) is 0 Å². The van der Waals surface area contributed by atoms with Crippen molar-refractivity contribution in [2.24, 2.45) is 23.7 Å². The van der Waals surface area contributed by atoms with E-state index in [-0.39, 0.29) is 23.7 Å². The molecule has 0 unspecified atom stereocenters. The van der Waals surface area contributed by atoms with Gasteiger partial charge in [-0.25, -0.2) is 4.90 Å². The normalized spacial score (nSPS) is 33.0. The Labute approximate surface area is 128 Å². The molecule has 3 heteroatoms. The van der Waals surface area contributed by atoms with Crippen molar-refractivity contribution in [2.75, 3.05) is 4.90 Å². The SMILES string of the molecule is O=C1[C@H]2[C@H]3CC[C@@H](C3)[C@@H]2C(=O)N1c1cccc2ccccc12. The first-order valence-corrected chi connectivity index (χ1v) is 8.11. The van der Waals surface area contributed by atoms with E-state index in [0.717, 1.165) is 35.7 Å². The van der Waals surface area contributed by atoms with E-state index in [4.69, 9.17) is 0 Å². The molecule has 3 fully saturated rings. The zero-order valence-electron chi connectivity index (χ0n) is 12.2. The first-order chi connectivity index (χ1) is 10.8. The highest BCUT2D eigenvalue weighted by molar-refractivity contribution is 6.25. The molecule has 2 aliphatic carbocycles. The van der Waals surface area contributed by atoms with Gasteiger partial charge in [-0.05, 0) is 42.6 Å². The molecule has 5 rings (SSSR count). The topological polar surface area (TPSA) is 37.4 Å². The van der Waals surface area contributed by atoms with Crippen molar-refractivity contribution in [3.8, 4) is 0 Å². The third-order valence-electron chi connectivity index (χ3n) is 5.93. The van der Waals surface area contributed by atoms with E-state index < -0.39 is 0 Å². The summed E-state index contributed by atoms with van der Waals surface area (Å²) in [7, 11) is 0. The molecule has 0 spiro atoms. The quantitative estimate of drug-likeness (QED) is 0.755. The third-order valence-corrected chi connectivity index (χ3v) is 5.93. The molecule has 0 aromatic heterocycles. The smallest absolute Gasteiger partial charge is 0.237 e. The summed E-state index contributed by atoms with van der Waals surface area (Å²) in [5.41, 5.74) is 0.766. The number of imide groups is 1. The molecule has 3 nitrogen and oxygen atoms in total. The van der Waals surface area contributed by atoms with Gasteiger partial charge in [-0.1, -0.05) is 36.4 Å². The predicted molar refractivity (Wildman–Crippen MR) is 84.3 cm³/mol. The molecule has 2 aromatic carbocycles. The summed E-state index contributed by atoms with van der Waals surface area (Å²) in [4.78, 5) is 27.4. The lowest BCUT2D eigenvalue weighted by Crippen LogP contribution is -2.32. The Balaban J connectivity index is 1.66. The summed E-state index contributed by atoms with van der Waals surface area (Å²) in [6.45, 7) is 0. The highest BCUT2D eigenvalue weighted by Crippen LogP contribution is 2.56. The Morgan fingerprint density at radius 3 is 2.18 bits per heavy atom. The van der Waals surface area contributed by atoms with E-state index in [9.17, 15) is 9.59 Å². The number of nitrogens with zero attached hydrogens (tertiary/aromatic N) is 1. The maximum Gasteiger partial charge on any atom is 0.237 e. The fourth-order valence-corrected chi connectivity index (χ4v) is 5.05. The third kappa shape index (κ3) is 1.41. The van der Waals surface area contributed by atoms with Crippen LogP contribution in [0.1, 0.15) is 19.3 Å². The van der Waals surface area contributed by atoms with Crippen molar-refractivity contribution in [3.63, 3.8) is 0 Å². The minimum Gasteiger partial charge on any atom is -0.274 e.